The highest BCUT2D eigenvalue weighted by atomic mass is 35.5. The van der Waals surface area contributed by atoms with Crippen LogP contribution in [0.1, 0.15) is 16.7 Å². The number of nitrogens with zero attached hydrogens (tertiary/aromatic N) is 1. The SMILES string of the molecule is Cc1ccc(N=Cc2ccc(Cl)cc2)c(C2=C(N)C(=O)OC2)c1. The quantitative estimate of drug-likeness (QED) is 0.692. The maximum atomic E-state index is 11.5. The van der Waals surface area contributed by atoms with Gasteiger partial charge in [0.2, 0.25) is 0 Å². The highest BCUT2D eigenvalue weighted by molar-refractivity contribution is 6.30. The van der Waals surface area contributed by atoms with Gasteiger partial charge in [-0.1, -0.05) is 35.4 Å². The third-order valence-corrected chi connectivity index (χ3v) is 3.84. The first-order valence-electron chi connectivity index (χ1n) is 7.11. The Labute approximate surface area is 139 Å². The Kier molecular flexibility index (Phi) is 4.17. The largest absolute Gasteiger partial charge is 0.456 e. The fourth-order valence-corrected chi connectivity index (χ4v) is 2.46. The first kappa shape index (κ1) is 15.3. The van der Waals surface area contributed by atoms with Crippen LogP contribution in [0.5, 0.6) is 0 Å². The summed E-state index contributed by atoms with van der Waals surface area (Å²) in [6.07, 6.45) is 1.75. The molecule has 2 aromatic carbocycles. The molecule has 0 aromatic heterocycles. The lowest BCUT2D eigenvalue weighted by molar-refractivity contribution is -0.135. The number of hydrogen-bond acceptors (Lipinski definition) is 4. The van der Waals surface area contributed by atoms with E-state index in [9.17, 15) is 4.79 Å². The molecular formula is C18H15ClN2O2. The van der Waals surface area contributed by atoms with Gasteiger partial charge in [-0.3, -0.25) is 4.99 Å². The van der Waals surface area contributed by atoms with Crippen LogP contribution in [0.4, 0.5) is 5.69 Å². The number of carbonyl (C=O) groups excluding carboxylic acids is 1. The standard InChI is InChI=1S/C18H15ClN2O2/c1-11-2-7-16(21-9-12-3-5-13(19)6-4-12)14(8-11)15-10-23-18(22)17(15)20/h2-9H,10,20H2,1H3. The Morgan fingerprint density at radius 1 is 1.22 bits per heavy atom. The molecule has 0 radical (unpaired) electrons. The van der Waals surface area contributed by atoms with E-state index in [0.29, 0.717) is 10.6 Å². The predicted molar refractivity (Wildman–Crippen MR) is 92.0 cm³/mol. The molecule has 0 unspecified atom stereocenters. The number of halogens is 1. The van der Waals surface area contributed by atoms with Crippen molar-refractivity contribution in [3.8, 4) is 0 Å². The number of rotatable bonds is 3. The van der Waals surface area contributed by atoms with Crippen molar-refractivity contribution in [3.05, 3.63) is 69.9 Å². The molecule has 0 atom stereocenters. The molecule has 0 spiro atoms. The molecule has 1 aliphatic rings. The fraction of sp³-hybridized carbons (Fsp3) is 0.111. The average molecular weight is 327 g/mol. The molecule has 23 heavy (non-hydrogen) atoms. The summed E-state index contributed by atoms with van der Waals surface area (Å²) in [5.74, 6) is -0.478. The maximum absolute atomic E-state index is 11.5. The Morgan fingerprint density at radius 2 is 1.96 bits per heavy atom. The molecule has 1 aliphatic heterocycles. The van der Waals surface area contributed by atoms with Crippen molar-refractivity contribution in [1.82, 2.24) is 0 Å². The minimum atomic E-state index is -0.478. The first-order valence-corrected chi connectivity index (χ1v) is 7.49. The van der Waals surface area contributed by atoms with Gasteiger partial charge >= 0.3 is 5.97 Å². The Balaban J connectivity index is 2.00. The molecule has 0 amide bonds. The number of benzene rings is 2. The van der Waals surface area contributed by atoms with E-state index in [-0.39, 0.29) is 12.3 Å². The van der Waals surface area contributed by atoms with Crippen molar-refractivity contribution in [2.24, 2.45) is 10.7 Å². The van der Waals surface area contributed by atoms with Crippen LogP contribution in [0.15, 0.2) is 53.2 Å². The zero-order chi connectivity index (χ0) is 16.4. The number of esters is 1. The van der Waals surface area contributed by atoms with Crippen LogP contribution in [0.3, 0.4) is 0 Å². The third kappa shape index (κ3) is 3.27. The molecule has 2 aromatic rings. The summed E-state index contributed by atoms with van der Waals surface area (Å²) in [6, 6.07) is 13.2. The van der Waals surface area contributed by atoms with Crippen LogP contribution in [-0.4, -0.2) is 18.8 Å². The van der Waals surface area contributed by atoms with E-state index in [4.69, 9.17) is 22.1 Å². The van der Waals surface area contributed by atoms with Gasteiger partial charge in [-0.05, 0) is 36.8 Å². The van der Waals surface area contributed by atoms with Gasteiger partial charge in [-0.15, -0.1) is 0 Å². The van der Waals surface area contributed by atoms with Gasteiger partial charge in [0.05, 0.1) is 5.69 Å². The summed E-state index contributed by atoms with van der Waals surface area (Å²) in [5.41, 5.74) is 10.2. The fourth-order valence-electron chi connectivity index (χ4n) is 2.34. The van der Waals surface area contributed by atoms with Crippen molar-refractivity contribution < 1.29 is 9.53 Å². The zero-order valence-electron chi connectivity index (χ0n) is 12.5. The van der Waals surface area contributed by atoms with E-state index in [1.807, 2.05) is 49.4 Å². The minimum absolute atomic E-state index is 0.151. The monoisotopic (exact) mass is 326 g/mol. The Morgan fingerprint density at radius 3 is 2.61 bits per heavy atom. The Bertz CT molecular complexity index is 823. The molecule has 0 saturated carbocycles. The maximum Gasteiger partial charge on any atom is 0.354 e. The summed E-state index contributed by atoms with van der Waals surface area (Å²) in [7, 11) is 0. The van der Waals surface area contributed by atoms with Crippen LogP contribution in [0.2, 0.25) is 5.02 Å². The van der Waals surface area contributed by atoms with Gasteiger partial charge in [0.25, 0.3) is 0 Å². The predicted octanol–water partition coefficient (Wildman–Crippen LogP) is 3.63. The van der Waals surface area contributed by atoms with Crippen molar-refractivity contribution in [3.63, 3.8) is 0 Å². The second-order valence-electron chi connectivity index (χ2n) is 5.30. The van der Waals surface area contributed by atoms with Crippen molar-refractivity contribution >= 4 is 35.0 Å². The molecule has 0 bridgehead atoms. The summed E-state index contributed by atoms with van der Waals surface area (Å²) >= 11 is 5.88. The smallest absolute Gasteiger partial charge is 0.354 e. The summed E-state index contributed by atoms with van der Waals surface area (Å²) < 4.78 is 5.00. The number of nitrogens with two attached hydrogens (primary N) is 1. The van der Waals surface area contributed by atoms with E-state index in [2.05, 4.69) is 4.99 Å². The molecule has 2 N–H and O–H groups in total. The lowest BCUT2D eigenvalue weighted by Crippen LogP contribution is -2.07. The van der Waals surface area contributed by atoms with E-state index < -0.39 is 5.97 Å². The molecule has 0 saturated heterocycles. The summed E-state index contributed by atoms with van der Waals surface area (Å²) in [4.78, 5) is 16.0. The van der Waals surface area contributed by atoms with Crippen molar-refractivity contribution in [2.45, 2.75) is 6.92 Å². The second kappa shape index (κ2) is 6.26. The lowest BCUT2D eigenvalue weighted by atomic mass is 10.0. The van der Waals surface area contributed by atoms with E-state index in [1.165, 1.54) is 0 Å². The van der Waals surface area contributed by atoms with Gasteiger partial charge < -0.3 is 10.5 Å². The summed E-state index contributed by atoms with van der Waals surface area (Å²) in [5, 5.41) is 0.678. The molecule has 116 valence electrons. The van der Waals surface area contributed by atoms with Gasteiger partial charge in [0.15, 0.2) is 0 Å². The molecule has 0 aliphatic carbocycles. The third-order valence-electron chi connectivity index (χ3n) is 3.59. The minimum Gasteiger partial charge on any atom is -0.456 e. The van der Waals surface area contributed by atoms with Crippen LogP contribution < -0.4 is 5.73 Å². The summed E-state index contributed by atoms with van der Waals surface area (Å²) in [6.45, 7) is 2.15. The number of aliphatic imine (C=N–C) groups is 1. The number of hydrogen-bond donors (Lipinski definition) is 1. The van der Waals surface area contributed by atoms with E-state index in [0.717, 1.165) is 22.4 Å². The van der Waals surface area contributed by atoms with Gasteiger partial charge in [0.1, 0.15) is 12.3 Å². The highest BCUT2D eigenvalue weighted by Gasteiger charge is 2.24. The zero-order valence-corrected chi connectivity index (χ0v) is 13.3. The van der Waals surface area contributed by atoms with E-state index in [1.54, 1.807) is 6.21 Å². The normalized spacial score (nSPS) is 14.6. The molecule has 1 heterocycles. The van der Waals surface area contributed by atoms with Crippen LogP contribution in [0.25, 0.3) is 5.57 Å². The topological polar surface area (TPSA) is 64.7 Å². The first-order chi connectivity index (χ1) is 11.0. The second-order valence-corrected chi connectivity index (χ2v) is 5.74. The van der Waals surface area contributed by atoms with Gasteiger partial charge in [-0.25, -0.2) is 4.79 Å². The number of cyclic esters (lactones) is 1. The Hall–Kier alpha value is -2.59. The van der Waals surface area contributed by atoms with Crippen LogP contribution >= 0.6 is 11.6 Å². The van der Waals surface area contributed by atoms with Crippen molar-refractivity contribution in [2.75, 3.05) is 6.61 Å². The van der Waals surface area contributed by atoms with Gasteiger partial charge in [0, 0.05) is 22.4 Å². The molecular weight excluding hydrogens is 312 g/mol. The molecule has 5 heteroatoms. The highest BCUT2D eigenvalue weighted by Crippen LogP contribution is 2.32. The van der Waals surface area contributed by atoms with E-state index >= 15 is 0 Å². The molecule has 3 rings (SSSR count). The van der Waals surface area contributed by atoms with Crippen LogP contribution in [-0.2, 0) is 9.53 Å². The van der Waals surface area contributed by atoms with Crippen molar-refractivity contribution in [1.29, 1.82) is 0 Å². The van der Waals surface area contributed by atoms with Crippen LogP contribution in [0, 0.1) is 6.92 Å². The average Bonchev–Trinajstić information content (AvgIpc) is 2.87. The number of aryl methyl sites for hydroxylation is 1. The number of carbonyl (C=O) groups is 1. The molecule has 4 nitrogen and oxygen atoms in total. The van der Waals surface area contributed by atoms with Gasteiger partial charge in [-0.2, -0.15) is 0 Å². The molecule has 0 fully saturated rings. The number of ether oxygens (including phenoxy) is 1. The lowest BCUT2D eigenvalue weighted by Gasteiger charge is -2.07.